The molecule has 2 rings (SSSR count). The van der Waals surface area contributed by atoms with Gasteiger partial charge in [-0.15, -0.1) is 11.3 Å². The maximum atomic E-state index is 6.48. The minimum atomic E-state index is 0.269. The summed E-state index contributed by atoms with van der Waals surface area (Å²) in [6.07, 6.45) is 5.32. The predicted molar refractivity (Wildman–Crippen MR) is 80.9 cm³/mol. The van der Waals surface area contributed by atoms with Crippen LogP contribution in [0.15, 0.2) is 11.4 Å². The van der Waals surface area contributed by atoms with E-state index in [-0.39, 0.29) is 6.04 Å². The highest BCUT2D eigenvalue weighted by Gasteiger charge is 2.32. The van der Waals surface area contributed by atoms with E-state index < -0.39 is 0 Å². The molecule has 1 heterocycles. The molecule has 0 aliphatic heterocycles. The second kappa shape index (κ2) is 5.34. The molecule has 1 unspecified atom stereocenters. The van der Waals surface area contributed by atoms with E-state index in [1.807, 2.05) is 11.3 Å². The third kappa shape index (κ3) is 2.97. The summed E-state index contributed by atoms with van der Waals surface area (Å²) >= 11 is 1.83. The molecule has 0 spiro atoms. The van der Waals surface area contributed by atoms with Gasteiger partial charge in [-0.1, -0.05) is 20.8 Å². The zero-order chi connectivity index (χ0) is 13.3. The van der Waals surface area contributed by atoms with Crippen LogP contribution < -0.4 is 5.73 Å². The highest BCUT2D eigenvalue weighted by atomic mass is 32.1. The van der Waals surface area contributed by atoms with Crippen molar-refractivity contribution in [1.82, 2.24) is 0 Å². The normalized spacial score (nSPS) is 27.2. The number of aryl methyl sites for hydroxylation is 1. The predicted octanol–water partition coefficient (Wildman–Crippen LogP) is 4.91. The van der Waals surface area contributed by atoms with Crippen molar-refractivity contribution in [3.8, 4) is 0 Å². The molecule has 0 amide bonds. The number of hydrogen-bond donors (Lipinski definition) is 1. The highest BCUT2D eigenvalue weighted by molar-refractivity contribution is 7.10. The zero-order valence-corrected chi connectivity index (χ0v) is 13.0. The molecular weight excluding hydrogens is 238 g/mol. The van der Waals surface area contributed by atoms with Crippen molar-refractivity contribution in [2.45, 2.75) is 59.4 Å². The molecule has 1 atom stereocenters. The molecule has 0 bridgehead atoms. The fourth-order valence-electron chi connectivity index (χ4n) is 3.28. The van der Waals surface area contributed by atoms with Crippen LogP contribution in [-0.4, -0.2) is 0 Å². The van der Waals surface area contributed by atoms with E-state index in [4.69, 9.17) is 5.73 Å². The van der Waals surface area contributed by atoms with Crippen LogP contribution in [0.5, 0.6) is 0 Å². The van der Waals surface area contributed by atoms with E-state index in [0.29, 0.717) is 11.3 Å². The van der Waals surface area contributed by atoms with Crippen LogP contribution in [0.25, 0.3) is 0 Å². The minimum absolute atomic E-state index is 0.269. The Kier molecular flexibility index (Phi) is 4.18. The fourth-order valence-corrected chi connectivity index (χ4v) is 4.31. The van der Waals surface area contributed by atoms with Crippen molar-refractivity contribution in [2.24, 2.45) is 23.0 Å². The molecule has 2 N–H and O–H groups in total. The average molecular weight is 265 g/mol. The Bertz CT molecular complexity index is 380. The van der Waals surface area contributed by atoms with Crippen LogP contribution in [0.4, 0.5) is 0 Å². The van der Waals surface area contributed by atoms with E-state index in [9.17, 15) is 0 Å². The van der Waals surface area contributed by atoms with Gasteiger partial charge in [0.05, 0.1) is 0 Å². The molecule has 1 saturated carbocycles. The van der Waals surface area contributed by atoms with E-state index in [1.165, 1.54) is 36.1 Å². The fraction of sp³-hybridized carbons (Fsp3) is 0.750. The molecule has 1 aliphatic rings. The summed E-state index contributed by atoms with van der Waals surface area (Å²) in [6, 6.07) is 2.46. The van der Waals surface area contributed by atoms with Crippen LogP contribution in [0.3, 0.4) is 0 Å². The number of rotatable bonds is 2. The third-order valence-corrected chi connectivity index (χ3v) is 5.83. The lowest BCUT2D eigenvalue weighted by Crippen LogP contribution is -2.30. The number of thiophene rings is 1. The van der Waals surface area contributed by atoms with Crippen molar-refractivity contribution in [3.05, 3.63) is 21.9 Å². The summed E-state index contributed by atoms with van der Waals surface area (Å²) in [4.78, 5) is 1.41. The molecule has 1 aliphatic carbocycles. The SMILES string of the molecule is Cc1ccsc1C(N)C1CCC(C(C)(C)C)CC1. The molecule has 1 aromatic heterocycles. The van der Waals surface area contributed by atoms with Gasteiger partial charge in [-0.25, -0.2) is 0 Å². The quantitative estimate of drug-likeness (QED) is 0.808. The van der Waals surface area contributed by atoms with Crippen LogP contribution in [-0.2, 0) is 0 Å². The first kappa shape index (κ1) is 14.1. The largest absolute Gasteiger partial charge is 0.323 e. The maximum absolute atomic E-state index is 6.48. The Balaban J connectivity index is 1.96. The van der Waals surface area contributed by atoms with Crippen LogP contribution >= 0.6 is 11.3 Å². The first-order chi connectivity index (χ1) is 8.39. The molecule has 1 nitrogen and oxygen atoms in total. The van der Waals surface area contributed by atoms with Gasteiger partial charge < -0.3 is 5.73 Å². The number of nitrogens with two attached hydrogens (primary N) is 1. The van der Waals surface area contributed by atoms with Crippen LogP contribution in [0.2, 0.25) is 0 Å². The van der Waals surface area contributed by atoms with E-state index in [0.717, 1.165) is 5.92 Å². The summed E-state index contributed by atoms with van der Waals surface area (Å²) in [7, 11) is 0. The Morgan fingerprint density at radius 2 is 1.83 bits per heavy atom. The molecule has 2 heteroatoms. The maximum Gasteiger partial charge on any atom is 0.0421 e. The average Bonchev–Trinajstić information content (AvgIpc) is 2.73. The molecule has 0 saturated heterocycles. The summed E-state index contributed by atoms with van der Waals surface area (Å²) < 4.78 is 0. The first-order valence-corrected chi connectivity index (χ1v) is 8.07. The van der Waals surface area contributed by atoms with Gasteiger partial charge in [0.15, 0.2) is 0 Å². The zero-order valence-electron chi connectivity index (χ0n) is 12.2. The van der Waals surface area contributed by atoms with Gasteiger partial charge in [0.1, 0.15) is 0 Å². The van der Waals surface area contributed by atoms with Gasteiger partial charge in [0.25, 0.3) is 0 Å². The summed E-state index contributed by atoms with van der Waals surface area (Å²) in [5.74, 6) is 1.58. The smallest absolute Gasteiger partial charge is 0.0421 e. The molecule has 0 radical (unpaired) electrons. The van der Waals surface area contributed by atoms with Crippen molar-refractivity contribution in [1.29, 1.82) is 0 Å². The molecule has 18 heavy (non-hydrogen) atoms. The molecular formula is C16H27NS. The van der Waals surface area contributed by atoms with Gasteiger partial charge in [0.2, 0.25) is 0 Å². The van der Waals surface area contributed by atoms with E-state index in [1.54, 1.807) is 0 Å². The standard InChI is InChI=1S/C16H27NS/c1-11-9-10-18-15(11)14(17)12-5-7-13(8-6-12)16(2,3)4/h9-10,12-14H,5-8,17H2,1-4H3. The summed E-state index contributed by atoms with van der Waals surface area (Å²) in [5.41, 5.74) is 8.33. The van der Waals surface area contributed by atoms with Crippen molar-refractivity contribution in [2.75, 3.05) is 0 Å². The Morgan fingerprint density at radius 3 is 2.28 bits per heavy atom. The van der Waals surface area contributed by atoms with Crippen molar-refractivity contribution >= 4 is 11.3 Å². The van der Waals surface area contributed by atoms with Gasteiger partial charge in [-0.05, 0) is 66.9 Å². The van der Waals surface area contributed by atoms with Gasteiger partial charge in [-0.3, -0.25) is 0 Å². The second-order valence-corrected chi connectivity index (χ2v) is 7.92. The minimum Gasteiger partial charge on any atom is -0.323 e. The van der Waals surface area contributed by atoms with Gasteiger partial charge in [0, 0.05) is 10.9 Å². The van der Waals surface area contributed by atoms with Crippen molar-refractivity contribution in [3.63, 3.8) is 0 Å². The molecule has 102 valence electrons. The molecule has 0 aromatic carbocycles. The van der Waals surface area contributed by atoms with Gasteiger partial charge in [-0.2, -0.15) is 0 Å². The summed E-state index contributed by atoms with van der Waals surface area (Å²) in [5, 5.41) is 2.17. The van der Waals surface area contributed by atoms with Crippen LogP contribution in [0.1, 0.15) is 62.9 Å². The van der Waals surface area contributed by atoms with E-state index in [2.05, 4.69) is 39.1 Å². The van der Waals surface area contributed by atoms with Crippen molar-refractivity contribution < 1.29 is 0 Å². The number of hydrogen-bond acceptors (Lipinski definition) is 2. The van der Waals surface area contributed by atoms with Crippen LogP contribution in [0, 0.1) is 24.2 Å². The lowest BCUT2D eigenvalue weighted by Gasteiger charge is -2.38. The Hall–Kier alpha value is -0.340. The molecule has 1 aromatic rings. The van der Waals surface area contributed by atoms with Gasteiger partial charge >= 0.3 is 0 Å². The first-order valence-electron chi connectivity index (χ1n) is 7.19. The Labute approximate surface area is 116 Å². The Morgan fingerprint density at radius 1 is 1.22 bits per heavy atom. The topological polar surface area (TPSA) is 26.0 Å². The highest BCUT2D eigenvalue weighted by Crippen LogP contribution is 2.43. The second-order valence-electron chi connectivity index (χ2n) is 6.97. The monoisotopic (exact) mass is 265 g/mol. The molecule has 1 fully saturated rings. The lowest BCUT2D eigenvalue weighted by molar-refractivity contribution is 0.140. The summed E-state index contributed by atoms with van der Waals surface area (Å²) in [6.45, 7) is 9.32. The van der Waals surface area contributed by atoms with E-state index >= 15 is 0 Å². The third-order valence-electron chi connectivity index (χ3n) is 4.71. The lowest BCUT2D eigenvalue weighted by atomic mass is 9.68.